The fourth-order valence-corrected chi connectivity index (χ4v) is 4.33. The molecule has 1 aliphatic rings. The van der Waals surface area contributed by atoms with E-state index >= 15 is 0 Å². The van der Waals surface area contributed by atoms with Crippen LogP contribution in [0.5, 0.6) is 0 Å². The van der Waals surface area contributed by atoms with Crippen LogP contribution >= 0.6 is 24.0 Å². The summed E-state index contributed by atoms with van der Waals surface area (Å²) in [5, 5.41) is 3.26. The monoisotopic (exact) mass is 495 g/mol. The first kappa shape index (κ1) is 23.2. The number of nitrogens with one attached hydrogen (secondary N) is 1. The highest BCUT2D eigenvalue weighted by Crippen LogP contribution is 2.28. The van der Waals surface area contributed by atoms with Gasteiger partial charge in [-0.15, -0.1) is 24.0 Å². The third-order valence-electron chi connectivity index (χ3n) is 4.87. The van der Waals surface area contributed by atoms with Crippen LogP contribution in [0.3, 0.4) is 0 Å². The van der Waals surface area contributed by atoms with Crippen LogP contribution in [-0.2, 0) is 21.1 Å². The molecule has 0 bridgehead atoms. The summed E-state index contributed by atoms with van der Waals surface area (Å²) in [7, 11) is 0.467. The topological polar surface area (TPSA) is 71.0 Å². The first-order valence-corrected chi connectivity index (χ1v) is 10.4. The summed E-state index contributed by atoms with van der Waals surface area (Å²) in [5.41, 5.74) is 2.41. The minimum Gasteiger partial charge on any atom is -0.381 e. The van der Waals surface area contributed by atoms with E-state index in [1.54, 1.807) is 7.05 Å². The molecule has 0 atom stereocenters. The van der Waals surface area contributed by atoms with Crippen molar-refractivity contribution in [1.82, 2.24) is 10.2 Å². The van der Waals surface area contributed by atoms with E-state index in [1.807, 2.05) is 11.9 Å². The van der Waals surface area contributed by atoms with Gasteiger partial charge in [-0.3, -0.25) is 4.99 Å². The van der Waals surface area contributed by atoms with Crippen LogP contribution in [0.25, 0.3) is 0 Å². The first-order chi connectivity index (χ1) is 11.8. The second-order valence-electron chi connectivity index (χ2n) is 6.81. The average molecular weight is 495 g/mol. The van der Waals surface area contributed by atoms with Crippen molar-refractivity contribution in [2.75, 3.05) is 40.1 Å². The van der Waals surface area contributed by atoms with E-state index in [0.717, 1.165) is 0 Å². The number of halogens is 1. The molecule has 1 aromatic rings. The number of rotatable bonds is 5. The quantitative estimate of drug-likeness (QED) is 0.386. The highest BCUT2D eigenvalue weighted by atomic mass is 127. The molecule has 0 aliphatic carbocycles. The Bertz CT molecular complexity index is 699. The minimum absolute atomic E-state index is 0. The van der Waals surface area contributed by atoms with Gasteiger partial charge in [-0.25, -0.2) is 8.42 Å². The molecule has 6 nitrogen and oxygen atoms in total. The standard InChI is InChI=1S/C18H29N3O3S.HI/c1-15-5-7-16(8-6-15)13-21(3)17(19-2)20-14-18(25(4,22)23)9-11-24-12-10-18;/h5-8H,9-14H2,1-4H3,(H,19,20);1H. The number of guanidine groups is 1. The van der Waals surface area contributed by atoms with Crippen LogP contribution in [0, 0.1) is 6.92 Å². The van der Waals surface area contributed by atoms with Crippen molar-refractivity contribution in [3.63, 3.8) is 0 Å². The maximum Gasteiger partial charge on any atom is 0.193 e. The maximum atomic E-state index is 12.4. The highest BCUT2D eigenvalue weighted by Gasteiger charge is 2.42. The summed E-state index contributed by atoms with van der Waals surface area (Å²) < 4.78 is 29.3. The van der Waals surface area contributed by atoms with Crippen molar-refractivity contribution in [1.29, 1.82) is 0 Å². The summed E-state index contributed by atoms with van der Waals surface area (Å²) >= 11 is 0. The summed E-state index contributed by atoms with van der Waals surface area (Å²) in [5.74, 6) is 0.690. The minimum atomic E-state index is -3.20. The lowest BCUT2D eigenvalue weighted by Gasteiger charge is -2.36. The van der Waals surface area contributed by atoms with Crippen LogP contribution in [0.4, 0.5) is 0 Å². The lowest BCUT2D eigenvalue weighted by molar-refractivity contribution is 0.0755. The second-order valence-corrected chi connectivity index (χ2v) is 9.22. The molecule has 0 amide bonds. The van der Waals surface area contributed by atoms with Gasteiger partial charge in [0.2, 0.25) is 0 Å². The van der Waals surface area contributed by atoms with Gasteiger partial charge in [-0.1, -0.05) is 29.8 Å². The number of aryl methyl sites for hydroxylation is 1. The van der Waals surface area contributed by atoms with Gasteiger partial charge in [-0.2, -0.15) is 0 Å². The van der Waals surface area contributed by atoms with Crippen molar-refractivity contribution in [2.45, 2.75) is 31.1 Å². The Balaban J connectivity index is 0.00000338. The molecule has 8 heteroatoms. The molecular weight excluding hydrogens is 465 g/mol. The molecule has 1 N–H and O–H groups in total. The molecule has 1 heterocycles. The molecule has 1 aromatic carbocycles. The van der Waals surface area contributed by atoms with Crippen LogP contribution < -0.4 is 5.32 Å². The van der Waals surface area contributed by atoms with Crippen LogP contribution in [0.2, 0.25) is 0 Å². The summed E-state index contributed by atoms with van der Waals surface area (Å²) in [6.45, 7) is 4.07. The zero-order valence-electron chi connectivity index (χ0n) is 16.0. The number of hydrogen-bond acceptors (Lipinski definition) is 4. The van der Waals surface area contributed by atoms with E-state index in [4.69, 9.17) is 4.74 Å². The molecule has 1 saturated heterocycles. The van der Waals surface area contributed by atoms with Crippen LogP contribution in [0.1, 0.15) is 24.0 Å². The van der Waals surface area contributed by atoms with E-state index in [9.17, 15) is 8.42 Å². The van der Waals surface area contributed by atoms with Gasteiger partial charge in [0, 0.05) is 46.7 Å². The summed E-state index contributed by atoms with van der Waals surface area (Å²) in [6, 6.07) is 8.35. The SMILES string of the molecule is CN=C(NCC1(S(C)(=O)=O)CCOCC1)N(C)Cc1ccc(C)cc1.I. The van der Waals surface area contributed by atoms with Crippen molar-refractivity contribution in [2.24, 2.45) is 4.99 Å². The first-order valence-electron chi connectivity index (χ1n) is 8.52. The van der Waals surface area contributed by atoms with Gasteiger partial charge in [0.25, 0.3) is 0 Å². The van der Waals surface area contributed by atoms with Crippen molar-refractivity contribution in [3.8, 4) is 0 Å². The average Bonchev–Trinajstić information content (AvgIpc) is 2.57. The summed E-state index contributed by atoms with van der Waals surface area (Å²) in [6.07, 6.45) is 2.34. The lowest BCUT2D eigenvalue weighted by Crippen LogP contribution is -2.53. The van der Waals surface area contributed by atoms with Gasteiger partial charge < -0.3 is 15.0 Å². The highest BCUT2D eigenvalue weighted by molar-refractivity contribution is 14.0. The van der Waals surface area contributed by atoms with E-state index in [2.05, 4.69) is 41.5 Å². The van der Waals surface area contributed by atoms with E-state index in [1.165, 1.54) is 17.4 Å². The predicted octanol–water partition coefficient (Wildman–Crippen LogP) is 2.21. The lowest BCUT2D eigenvalue weighted by atomic mass is 9.99. The number of ether oxygens (including phenoxy) is 1. The third kappa shape index (κ3) is 5.82. The van der Waals surface area contributed by atoms with Gasteiger partial charge in [0.05, 0.1) is 4.75 Å². The van der Waals surface area contributed by atoms with Crippen molar-refractivity contribution in [3.05, 3.63) is 35.4 Å². The second kappa shape index (κ2) is 9.89. The van der Waals surface area contributed by atoms with Gasteiger partial charge in [-0.05, 0) is 25.3 Å². The Morgan fingerprint density at radius 2 is 1.85 bits per heavy atom. The zero-order chi connectivity index (χ0) is 18.5. The molecular formula is C18H30IN3O3S. The Morgan fingerprint density at radius 3 is 2.35 bits per heavy atom. The smallest absolute Gasteiger partial charge is 0.193 e. The van der Waals surface area contributed by atoms with E-state index in [0.29, 0.717) is 45.1 Å². The number of aliphatic imine (C=N–C) groups is 1. The Morgan fingerprint density at radius 1 is 1.27 bits per heavy atom. The molecule has 148 valence electrons. The molecule has 1 aliphatic heterocycles. The number of sulfone groups is 1. The van der Waals surface area contributed by atoms with Crippen LogP contribution in [-0.4, -0.2) is 64.1 Å². The molecule has 0 aromatic heterocycles. The zero-order valence-corrected chi connectivity index (χ0v) is 19.1. The van der Waals surface area contributed by atoms with Crippen molar-refractivity contribution >= 4 is 39.8 Å². The summed E-state index contributed by atoms with van der Waals surface area (Å²) in [4.78, 5) is 6.30. The third-order valence-corrected chi connectivity index (χ3v) is 7.00. The van der Waals surface area contributed by atoms with Crippen LogP contribution in [0.15, 0.2) is 29.3 Å². The molecule has 2 rings (SSSR count). The van der Waals surface area contributed by atoms with E-state index < -0.39 is 14.6 Å². The molecule has 0 unspecified atom stereocenters. The number of hydrogen-bond donors (Lipinski definition) is 1. The molecule has 0 spiro atoms. The number of benzene rings is 1. The molecule has 1 fully saturated rings. The largest absolute Gasteiger partial charge is 0.381 e. The Labute approximate surface area is 174 Å². The Kier molecular flexibility index (Phi) is 8.81. The van der Waals surface area contributed by atoms with Crippen molar-refractivity contribution < 1.29 is 13.2 Å². The van der Waals surface area contributed by atoms with Gasteiger partial charge >= 0.3 is 0 Å². The fraction of sp³-hybridized carbons (Fsp3) is 0.611. The molecule has 0 radical (unpaired) electrons. The molecule has 26 heavy (non-hydrogen) atoms. The number of nitrogens with zero attached hydrogens (tertiary/aromatic N) is 2. The normalized spacial score (nSPS) is 17.3. The fourth-order valence-electron chi connectivity index (χ4n) is 3.09. The van der Waals surface area contributed by atoms with Gasteiger partial charge in [0.1, 0.15) is 0 Å². The van der Waals surface area contributed by atoms with E-state index in [-0.39, 0.29) is 24.0 Å². The predicted molar refractivity (Wildman–Crippen MR) is 117 cm³/mol. The maximum absolute atomic E-state index is 12.4. The molecule has 0 saturated carbocycles. The Hall–Kier alpha value is -0.870. The van der Waals surface area contributed by atoms with Gasteiger partial charge in [0.15, 0.2) is 15.8 Å².